The molecular formula is C23H37N5O2. The van der Waals surface area contributed by atoms with Gasteiger partial charge in [0.1, 0.15) is 5.75 Å². The van der Waals surface area contributed by atoms with Gasteiger partial charge in [-0.2, -0.15) is 0 Å². The Morgan fingerprint density at radius 1 is 1.27 bits per heavy atom. The Labute approximate surface area is 180 Å². The molecule has 166 valence electrons. The molecule has 3 rings (SSSR count). The van der Waals surface area contributed by atoms with Gasteiger partial charge in [-0.15, -0.1) is 0 Å². The number of methoxy groups -OCH3 is 1. The fraction of sp³-hybridized carbons (Fsp3) is 0.652. The number of hydrogen-bond donors (Lipinski definition) is 3. The van der Waals surface area contributed by atoms with E-state index in [-0.39, 0.29) is 11.9 Å². The van der Waals surface area contributed by atoms with E-state index in [9.17, 15) is 4.79 Å². The summed E-state index contributed by atoms with van der Waals surface area (Å²) in [5.41, 5.74) is 1.24. The highest BCUT2D eigenvalue weighted by molar-refractivity contribution is 5.80. The summed E-state index contributed by atoms with van der Waals surface area (Å²) in [6.07, 6.45) is 6.10. The van der Waals surface area contributed by atoms with Crippen LogP contribution in [0.3, 0.4) is 0 Å². The fourth-order valence-electron chi connectivity index (χ4n) is 3.84. The molecule has 1 unspecified atom stereocenters. The third kappa shape index (κ3) is 7.20. The maximum absolute atomic E-state index is 11.8. The van der Waals surface area contributed by atoms with Crippen LogP contribution in [0.1, 0.15) is 57.1 Å². The van der Waals surface area contributed by atoms with Gasteiger partial charge in [-0.1, -0.05) is 12.1 Å². The molecule has 1 aromatic carbocycles. The molecule has 1 amide bonds. The molecular weight excluding hydrogens is 378 g/mol. The van der Waals surface area contributed by atoms with E-state index in [2.05, 4.69) is 46.0 Å². The van der Waals surface area contributed by atoms with Crippen molar-refractivity contribution in [1.29, 1.82) is 0 Å². The first-order valence-electron chi connectivity index (χ1n) is 11.4. The summed E-state index contributed by atoms with van der Waals surface area (Å²) in [5, 5.41) is 9.75. The van der Waals surface area contributed by atoms with E-state index in [0.717, 1.165) is 57.2 Å². The summed E-state index contributed by atoms with van der Waals surface area (Å²) in [6.45, 7) is 6.51. The lowest BCUT2D eigenvalue weighted by molar-refractivity contribution is -0.121. The lowest BCUT2D eigenvalue weighted by Crippen LogP contribution is -2.39. The van der Waals surface area contributed by atoms with E-state index < -0.39 is 0 Å². The Morgan fingerprint density at radius 3 is 2.77 bits per heavy atom. The minimum absolute atomic E-state index is 0.161. The zero-order valence-corrected chi connectivity index (χ0v) is 18.5. The molecule has 1 heterocycles. The first-order chi connectivity index (χ1) is 14.7. The fourth-order valence-corrected chi connectivity index (χ4v) is 3.84. The van der Waals surface area contributed by atoms with Crippen LogP contribution in [0.4, 0.5) is 0 Å². The van der Waals surface area contributed by atoms with Crippen molar-refractivity contribution in [1.82, 2.24) is 20.9 Å². The molecule has 1 atom stereocenters. The quantitative estimate of drug-likeness (QED) is 0.294. The first-order valence-corrected chi connectivity index (χ1v) is 11.4. The number of ether oxygens (including phenoxy) is 1. The van der Waals surface area contributed by atoms with Crippen molar-refractivity contribution < 1.29 is 9.53 Å². The lowest BCUT2D eigenvalue weighted by Gasteiger charge is -2.27. The molecule has 1 aromatic rings. The summed E-state index contributed by atoms with van der Waals surface area (Å²) in [6, 6.07) is 9.00. The largest absolute Gasteiger partial charge is 0.497 e. The monoisotopic (exact) mass is 415 g/mol. The van der Waals surface area contributed by atoms with Crippen molar-refractivity contribution in [2.45, 2.75) is 57.5 Å². The number of amides is 1. The number of hydrogen-bond acceptors (Lipinski definition) is 4. The smallest absolute Gasteiger partial charge is 0.220 e. The standard InChI is InChI=1S/C23H37N5O2/c1-3-24-23(25-13-7-10-22(29)27-19-11-12-19)26-17-21(28-14-4-5-15-28)18-8-6-9-20(16-18)30-2/h6,8-9,16,19,21H,3-5,7,10-15,17H2,1-2H3,(H,27,29)(H2,24,25,26). The number of carbonyl (C=O) groups excluding carboxylic acids is 1. The maximum Gasteiger partial charge on any atom is 0.220 e. The van der Waals surface area contributed by atoms with E-state index in [1.54, 1.807) is 7.11 Å². The van der Waals surface area contributed by atoms with Gasteiger partial charge in [-0.25, -0.2) is 0 Å². The second-order valence-electron chi connectivity index (χ2n) is 8.13. The number of aliphatic imine (C=N–C) groups is 1. The molecule has 1 saturated carbocycles. The van der Waals surface area contributed by atoms with Crippen LogP contribution >= 0.6 is 0 Å². The Morgan fingerprint density at radius 2 is 2.07 bits per heavy atom. The average Bonchev–Trinajstić information content (AvgIpc) is 3.40. The molecule has 0 radical (unpaired) electrons. The van der Waals surface area contributed by atoms with Gasteiger partial charge in [0.25, 0.3) is 0 Å². The van der Waals surface area contributed by atoms with Gasteiger partial charge in [-0.3, -0.25) is 14.7 Å². The highest BCUT2D eigenvalue weighted by Gasteiger charge is 2.24. The van der Waals surface area contributed by atoms with Crippen LogP contribution in [0, 0.1) is 0 Å². The molecule has 3 N–H and O–H groups in total. The summed E-state index contributed by atoms with van der Waals surface area (Å²) in [7, 11) is 1.71. The predicted octanol–water partition coefficient (Wildman–Crippen LogP) is 2.45. The molecule has 0 aromatic heterocycles. The van der Waals surface area contributed by atoms with Crippen LogP contribution in [0.15, 0.2) is 29.3 Å². The predicted molar refractivity (Wildman–Crippen MR) is 121 cm³/mol. The molecule has 7 nitrogen and oxygen atoms in total. The van der Waals surface area contributed by atoms with Gasteiger partial charge in [0.2, 0.25) is 5.91 Å². The second kappa shape index (κ2) is 11.8. The van der Waals surface area contributed by atoms with Crippen molar-refractivity contribution in [2.75, 3.05) is 39.8 Å². The number of guanidine groups is 1. The van der Waals surface area contributed by atoms with Gasteiger partial charge >= 0.3 is 0 Å². The zero-order chi connectivity index (χ0) is 21.2. The molecule has 2 fully saturated rings. The number of likely N-dealkylation sites (tertiary alicyclic amines) is 1. The van der Waals surface area contributed by atoms with E-state index >= 15 is 0 Å². The molecule has 30 heavy (non-hydrogen) atoms. The Hall–Kier alpha value is -2.28. The SMILES string of the molecule is CCNC(=NCC(c1cccc(OC)c1)N1CCCC1)NCCCC(=O)NC1CC1. The number of rotatable bonds is 11. The Balaban J connectivity index is 1.56. The molecule has 1 aliphatic carbocycles. The van der Waals surface area contributed by atoms with Crippen LogP contribution in [-0.4, -0.2) is 62.6 Å². The second-order valence-corrected chi connectivity index (χ2v) is 8.13. The molecule has 0 bridgehead atoms. The minimum atomic E-state index is 0.161. The van der Waals surface area contributed by atoms with Crippen LogP contribution in [-0.2, 0) is 4.79 Å². The molecule has 2 aliphatic rings. The van der Waals surface area contributed by atoms with E-state index in [0.29, 0.717) is 19.0 Å². The maximum atomic E-state index is 11.8. The molecule has 1 aliphatic heterocycles. The van der Waals surface area contributed by atoms with Crippen LogP contribution in [0.25, 0.3) is 0 Å². The third-order valence-electron chi connectivity index (χ3n) is 5.64. The topological polar surface area (TPSA) is 78.0 Å². The van der Waals surface area contributed by atoms with Crippen molar-refractivity contribution in [3.63, 3.8) is 0 Å². The number of carbonyl (C=O) groups is 1. The average molecular weight is 416 g/mol. The van der Waals surface area contributed by atoms with Crippen LogP contribution in [0.2, 0.25) is 0 Å². The number of benzene rings is 1. The van der Waals surface area contributed by atoms with Gasteiger partial charge < -0.3 is 20.7 Å². The van der Waals surface area contributed by atoms with Gasteiger partial charge in [0.15, 0.2) is 5.96 Å². The lowest BCUT2D eigenvalue weighted by atomic mass is 10.1. The van der Waals surface area contributed by atoms with Crippen molar-refractivity contribution >= 4 is 11.9 Å². The molecule has 0 spiro atoms. The van der Waals surface area contributed by atoms with Gasteiger partial charge in [0, 0.05) is 25.6 Å². The van der Waals surface area contributed by atoms with E-state index in [1.165, 1.54) is 18.4 Å². The number of nitrogens with one attached hydrogen (secondary N) is 3. The molecule has 1 saturated heterocycles. The van der Waals surface area contributed by atoms with Crippen molar-refractivity contribution in [3.05, 3.63) is 29.8 Å². The summed E-state index contributed by atoms with van der Waals surface area (Å²) in [5.74, 6) is 1.86. The zero-order valence-electron chi connectivity index (χ0n) is 18.5. The van der Waals surface area contributed by atoms with Gasteiger partial charge in [0.05, 0.1) is 19.7 Å². The highest BCUT2D eigenvalue weighted by Crippen LogP contribution is 2.27. The summed E-state index contributed by atoms with van der Waals surface area (Å²) in [4.78, 5) is 19.2. The summed E-state index contributed by atoms with van der Waals surface area (Å²) < 4.78 is 5.43. The van der Waals surface area contributed by atoms with Crippen molar-refractivity contribution in [3.8, 4) is 5.75 Å². The van der Waals surface area contributed by atoms with Crippen LogP contribution in [0.5, 0.6) is 5.75 Å². The third-order valence-corrected chi connectivity index (χ3v) is 5.64. The highest BCUT2D eigenvalue weighted by atomic mass is 16.5. The van der Waals surface area contributed by atoms with Crippen molar-refractivity contribution in [2.24, 2.45) is 4.99 Å². The van der Waals surface area contributed by atoms with Crippen LogP contribution < -0.4 is 20.7 Å². The van der Waals surface area contributed by atoms with Gasteiger partial charge in [-0.05, 0) is 69.8 Å². The molecule has 7 heteroatoms. The Kier molecular flexibility index (Phi) is 8.81. The van der Waals surface area contributed by atoms with E-state index in [4.69, 9.17) is 9.73 Å². The minimum Gasteiger partial charge on any atom is -0.497 e. The first kappa shape index (κ1) is 22.4. The summed E-state index contributed by atoms with van der Waals surface area (Å²) >= 11 is 0. The number of nitrogens with zero attached hydrogens (tertiary/aromatic N) is 2. The Bertz CT molecular complexity index is 699. The van der Waals surface area contributed by atoms with E-state index in [1.807, 2.05) is 6.07 Å². The normalized spacial score (nSPS) is 18.1.